The third-order valence-electron chi connectivity index (χ3n) is 2.54. The molecule has 1 unspecified atom stereocenters. The molecule has 1 atom stereocenters. The Morgan fingerprint density at radius 2 is 2.25 bits per heavy atom. The predicted octanol–water partition coefficient (Wildman–Crippen LogP) is 3.32. The molecule has 1 aliphatic rings. The van der Waals surface area contributed by atoms with Crippen LogP contribution in [0.4, 0.5) is 14.5 Å². The molecule has 16 heavy (non-hydrogen) atoms. The number of rotatable bonds is 3. The lowest BCUT2D eigenvalue weighted by Crippen LogP contribution is -2.19. The fraction of sp³-hybridized carbons (Fsp3) is 0.455. The van der Waals surface area contributed by atoms with Crippen LogP contribution in [0, 0.1) is 11.6 Å². The van der Waals surface area contributed by atoms with Crippen molar-refractivity contribution in [3.05, 3.63) is 28.2 Å². The minimum atomic E-state index is -0.593. The molecular formula is C11H12BrF2NO. The zero-order valence-electron chi connectivity index (χ0n) is 8.60. The monoisotopic (exact) mass is 291 g/mol. The average molecular weight is 292 g/mol. The highest BCUT2D eigenvalue weighted by Gasteiger charge is 2.16. The number of benzene rings is 1. The van der Waals surface area contributed by atoms with E-state index in [-0.39, 0.29) is 11.8 Å². The number of halogens is 3. The van der Waals surface area contributed by atoms with Crippen LogP contribution in [0.15, 0.2) is 16.6 Å². The maximum absolute atomic E-state index is 13.4. The van der Waals surface area contributed by atoms with Crippen LogP contribution in [-0.4, -0.2) is 19.3 Å². The summed E-state index contributed by atoms with van der Waals surface area (Å²) in [4.78, 5) is 0. The second kappa shape index (κ2) is 5.10. The lowest BCUT2D eigenvalue weighted by Gasteiger charge is -2.13. The van der Waals surface area contributed by atoms with E-state index in [1.54, 1.807) is 0 Å². The fourth-order valence-electron chi connectivity index (χ4n) is 1.73. The van der Waals surface area contributed by atoms with Crippen LogP contribution in [0.25, 0.3) is 0 Å². The first-order valence-corrected chi connectivity index (χ1v) is 5.96. The third kappa shape index (κ3) is 2.71. The Kier molecular flexibility index (Phi) is 3.76. The van der Waals surface area contributed by atoms with Crippen molar-refractivity contribution in [3.63, 3.8) is 0 Å². The number of ether oxygens (including phenoxy) is 1. The molecule has 88 valence electrons. The summed E-state index contributed by atoms with van der Waals surface area (Å²) in [7, 11) is 0. The Labute approximate surface area is 101 Å². The van der Waals surface area contributed by atoms with Crippen LogP contribution in [0.5, 0.6) is 0 Å². The quantitative estimate of drug-likeness (QED) is 0.922. The average Bonchev–Trinajstić information content (AvgIpc) is 2.68. The van der Waals surface area contributed by atoms with Gasteiger partial charge >= 0.3 is 0 Å². The smallest absolute Gasteiger partial charge is 0.150 e. The first kappa shape index (κ1) is 11.8. The Balaban J connectivity index is 2.03. The van der Waals surface area contributed by atoms with Crippen molar-refractivity contribution in [1.29, 1.82) is 0 Å². The first-order valence-electron chi connectivity index (χ1n) is 5.17. The minimum Gasteiger partial charge on any atom is -0.379 e. The maximum Gasteiger partial charge on any atom is 0.150 e. The van der Waals surface area contributed by atoms with Crippen molar-refractivity contribution in [2.24, 2.45) is 0 Å². The highest BCUT2D eigenvalue weighted by molar-refractivity contribution is 9.10. The molecule has 1 heterocycles. The van der Waals surface area contributed by atoms with Crippen LogP contribution < -0.4 is 5.32 Å². The predicted molar refractivity (Wildman–Crippen MR) is 61.5 cm³/mol. The molecule has 0 aromatic heterocycles. The van der Waals surface area contributed by atoms with E-state index >= 15 is 0 Å². The summed E-state index contributed by atoms with van der Waals surface area (Å²) < 4.78 is 32.0. The summed E-state index contributed by atoms with van der Waals surface area (Å²) in [6.45, 7) is 1.31. The van der Waals surface area contributed by atoms with Gasteiger partial charge in [-0.2, -0.15) is 0 Å². The van der Waals surface area contributed by atoms with Crippen LogP contribution in [0.3, 0.4) is 0 Å². The van der Waals surface area contributed by atoms with Gasteiger partial charge in [0.2, 0.25) is 0 Å². The lowest BCUT2D eigenvalue weighted by molar-refractivity contribution is 0.120. The maximum atomic E-state index is 13.4. The van der Waals surface area contributed by atoms with Gasteiger partial charge in [0.15, 0.2) is 0 Å². The van der Waals surface area contributed by atoms with Gasteiger partial charge in [-0.05, 0) is 34.8 Å². The molecule has 0 bridgehead atoms. The molecule has 0 amide bonds. The Hall–Kier alpha value is -0.680. The van der Waals surface area contributed by atoms with Crippen molar-refractivity contribution >= 4 is 21.6 Å². The van der Waals surface area contributed by atoms with E-state index in [1.807, 2.05) is 0 Å². The normalized spacial score (nSPS) is 20.1. The molecule has 2 nitrogen and oxygen atoms in total. The molecule has 0 saturated carbocycles. The van der Waals surface area contributed by atoms with Crippen LogP contribution in [0.1, 0.15) is 12.8 Å². The molecule has 1 aliphatic heterocycles. The summed E-state index contributed by atoms with van der Waals surface area (Å²) in [5.41, 5.74) is 0.289. The van der Waals surface area contributed by atoms with Gasteiger partial charge in [0.25, 0.3) is 0 Å². The zero-order valence-corrected chi connectivity index (χ0v) is 10.2. The molecule has 1 fully saturated rings. The highest BCUT2D eigenvalue weighted by atomic mass is 79.9. The number of anilines is 1. The van der Waals surface area contributed by atoms with E-state index in [2.05, 4.69) is 21.2 Å². The van der Waals surface area contributed by atoms with Gasteiger partial charge in [-0.1, -0.05) is 0 Å². The van der Waals surface area contributed by atoms with E-state index in [9.17, 15) is 8.78 Å². The summed E-state index contributed by atoms with van der Waals surface area (Å²) >= 11 is 3.12. The van der Waals surface area contributed by atoms with Gasteiger partial charge in [-0.25, -0.2) is 8.78 Å². The molecule has 1 saturated heterocycles. The molecule has 5 heteroatoms. The number of hydrogen-bond acceptors (Lipinski definition) is 2. The van der Waals surface area contributed by atoms with E-state index in [0.717, 1.165) is 25.5 Å². The second-order valence-electron chi connectivity index (χ2n) is 3.76. The number of hydrogen-bond donors (Lipinski definition) is 1. The van der Waals surface area contributed by atoms with Crippen molar-refractivity contribution in [1.82, 2.24) is 0 Å². The molecule has 1 aromatic carbocycles. The van der Waals surface area contributed by atoms with Gasteiger partial charge in [-0.3, -0.25) is 0 Å². The SMILES string of the molecule is Fc1cc(F)c(NCC2CCCO2)c(Br)c1. The minimum absolute atomic E-state index is 0.122. The largest absolute Gasteiger partial charge is 0.379 e. The number of nitrogens with one attached hydrogen (secondary N) is 1. The first-order chi connectivity index (χ1) is 7.66. The standard InChI is InChI=1S/C11H12BrF2NO/c12-9-4-7(13)5-10(14)11(9)15-6-8-2-1-3-16-8/h4-5,8,15H,1-3,6H2. The van der Waals surface area contributed by atoms with Gasteiger partial charge in [0, 0.05) is 23.7 Å². The van der Waals surface area contributed by atoms with Crippen molar-refractivity contribution in [2.75, 3.05) is 18.5 Å². The van der Waals surface area contributed by atoms with Gasteiger partial charge in [0.05, 0.1) is 11.8 Å². The topological polar surface area (TPSA) is 21.3 Å². The van der Waals surface area contributed by atoms with E-state index < -0.39 is 11.6 Å². The van der Waals surface area contributed by atoms with Gasteiger partial charge < -0.3 is 10.1 Å². The van der Waals surface area contributed by atoms with E-state index in [4.69, 9.17) is 4.74 Å². The molecule has 0 spiro atoms. The summed E-state index contributed by atoms with van der Waals surface area (Å²) in [5, 5.41) is 2.94. The highest BCUT2D eigenvalue weighted by Crippen LogP contribution is 2.27. The molecule has 0 aliphatic carbocycles. The lowest BCUT2D eigenvalue weighted by atomic mass is 10.2. The van der Waals surface area contributed by atoms with Crippen molar-refractivity contribution in [3.8, 4) is 0 Å². The van der Waals surface area contributed by atoms with Gasteiger partial charge in [-0.15, -0.1) is 0 Å². The van der Waals surface area contributed by atoms with Crippen molar-refractivity contribution in [2.45, 2.75) is 18.9 Å². The molecular weight excluding hydrogens is 280 g/mol. The summed E-state index contributed by atoms with van der Waals surface area (Å²) in [5.74, 6) is -1.18. The third-order valence-corrected chi connectivity index (χ3v) is 3.16. The van der Waals surface area contributed by atoms with Crippen LogP contribution in [0.2, 0.25) is 0 Å². The van der Waals surface area contributed by atoms with E-state index in [0.29, 0.717) is 11.0 Å². The van der Waals surface area contributed by atoms with Gasteiger partial charge in [0.1, 0.15) is 11.6 Å². The Morgan fingerprint density at radius 1 is 1.44 bits per heavy atom. The fourth-order valence-corrected chi connectivity index (χ4v) is 2.28. The van der Waals surface area contributed by atoms with Crippen LogP contribution in [-0.2, 0) is 4.74 Å². The molecule has 1 aromatic rings. The van der Waals surface area contributed by atoms with Crippen LogP contribution >= 0.6 is 15.9 Å². The van der Waals surface area contributed by atoms with E-state index in [1.165, 1.54) is 6.07 Å². The zero-order chi connectivity index (χ0) is 11.5. The molecule has 2 rings (SSSR count). The summed E-state index contributed by atoms with van der Waals surface area (Å²) in [6.07, 6.45) is 2.14. The Morgan fingerprint density at radius 3 is 2.88 bits per heavy atom. The summed E-state index contributed by atoms with van der Waals surface area (Å²) in [6, 6.07) is 2.10. The molecule has 0 radical (unpaired) electrons. The second-order valence-corrected chi connectivity index (χ2v) is 4.61. The van der Waals surface area contributed by atoms with Crippen molar-refractivity contribution < 1.29 is 13.5 Å². The molecule has 1 N–H and O–H groups in total. The Bertz CT molecular complexity index is 357.